The highest BCUT2D eigenvalue weighted by atomic mass is 14.9. The molecule has 0 aliphatic heterocycles. The number of rotatable bonds is 6. The van der Waals surface area contributed by atoms with Crippen molar-refractivity contribution in [3.05, 3.63) is 70.8 Å². The molecule has 1 aliphatic carbocycles. The van der Waals surface area contributed by atoms with E-state index >= 15 is 0 Å². The van der Waals surface area contributed by atoms with Crippen molar-refractivity contribution in [2.45, 2.75) is 45.1 Å². The lowest BCUT2D eigenvalue weighted by molar-refractivity contribution is 0.574. The third kappa shape index (κ3) is 3.74. The standard InChI is InChI=1S/C20H25N/c1-15-7-3-5-9-17(15)13-18(14-21-19-11-12-19)20-10-6-4-8-16(20)2/h3-10,18-19,21H,11-14H2,1-2H3. The molecule has 110 valence electrons. The zero-order valence-corrected chi connectivity index (χ0v) is 13.1. The third-order valence-corrected chi connectivity index (χ3v) is 4.59. The Labute approximate surface area is 128 Å². The lowest BCUT2D eigenvalue weighted by atomic mass is 9.88. The fourth-order valence-electron chi connectivity index (χ4n) is 3.04. The summed E-state index contributed by atoms with van der Waals surface area (Å²) in [4.78, 5) is 0. The molecule has 3 rings (SSSR count). The van der Waals surface area contributed by atoms with E-state index in [0.717, 1.165) is 19.0 Å². The molecular weight excluding hydrogens is 254 g/mol. The maximum absolute atomic E-state index is 3.72. The molecule has 0 radical (unpaired) electrons. The molecule has 0 amide bonds. The molecule has 0 aromatic heterocycles. The number of nitrogens with one attached hydrogen (secondary N) is 1. The molecule has 1 saturated carbocycles. The van der Waals surface area contributed by atoms with Crippen LogP contribution in [-0.2, 0) is 6.42 Å². The van der Waals surface area contributed by atoms with Gasteiger partial charge in [0.1, 0.15) is 0 Å². The first-order valence-electron chi connectivity index (χ1n) is 8.07. The highest BCUT2D eigenvalue weighted by Crippen LogP contribution is 2.27. The summed E-state index contributed by atoms with van der Waals surface area (Å²) in [5.41, 5.74) is 5.79. The lowest BCUT2D eigenvalue weighted by Crippen LogP contribution is -2.25. The quantitative estimate of drug-likeness (QED) is 0.827. The van der Waals surface area contributed by atoms with Gasteiger partial charge < -0.3 is 5.32 Å². The van der Waals surface area contributed by atoms with Gasteiger partial charge in [0.05, 0.1) is 0 Å². The maximum atomic E-state index is 3.72. The van der Waals surface area contributed by atoms with Crippen molar-refractivity contribution in [3.8, 4) is 0 Å². The Balaban J connectivity index is 1.81. The van der Waals surface area contributed by atoms with E-state index in [2.05, 4.69) is 67.7 Å². The molecule has 21 heavy (non-hydrogen) atoms. The van der Waals surface area contributed by atoms with Gasteiger partial charge in [-0.25, -0.2) is 0 Å². The SMILES string of the molecule is Cc1ccccc1CC(CNC1CC1)c1ccccc1C. The van der Waals surface area contributed by atoms with Crippen molar-refractivity contribution in [2.75, 3.05) is 6.54 Å². The average Bonchev–Trinajstić information content (AvgIpc) is 3.30. The first-order chi connectivity index (χ1) is 10.2. The van der Waals surface area contributed by atoms with Gasteiger partial charge in [0, 0.05) is 18.5 Å². The molecule has 1 unspecified atom stereocenters. The Morgan fingerprint density at radius 1 is 0.952 bits per heavy atom. The summed E-state index contributed by atoms with van der Waals surface area (Å²) in [6.07, 6.45) is 3.83. The van der Waals surface area contributed by atoms with Crippen molar-refractivity contribution in [1.82, 2.24) is 5.32 Å². The summed E-state index contributed by atoms with van der Waals surface area (Å²) in [6.45, 7) is 5.54. The van der Waals surface area contributed by atoms with E-state index in [9.17, 15) is 0 Å². The molecule has 1 N–H and O–H groups in total. The molecule has 0 saturated heterocycles. The van der Waals surface area contributed by atoms with Crippen molar-refractivity contribution in [3.63, 3.8) is 0 Å². The number of hydrogen-bond donors (Lipinski definition) is 1. The highest BCUT2D eigenvalue weighted by Gasteiger charge is 2.23. The maximum Gasteiger partial charge on any atom is 0.00684 e. The number of benzene rings is 2. The summed E-state index contributed by atoms with van der Waals surface area (Å²) in [7, 11) is 0. The minimum atomic E-state index is 0.563. The number of aryl methyl sites for hydroxylation is 2. The van der Waals surface area contributed by atoms with Gasteiger partial charge in [-0.2, -0.15) is 0 Å². The monoisotopic (exact) mass is 279 g/mol. The normalized spacial score (nSPS) is 15.9. The van der Waals surface area contributed by atoms with E-state index in [1.807, 2.05) is 0 Å². The van der Waals surface area contributed by atoms with Crippen LogP contribution >= 0.6 is 0 Å². The molecule has 0 spiro atoms. The Kier molecular flexibility index (Phi) is 4.40. The second kappa shape index (κ2) is 6.44. The van der Waals surface area contributed by atoms with Gasteiger partial charge >= 0.3 is 0 Å². The molecule has 1 atom stereocenters. The molecule has 1 heteroatoms. The van der Waals surface area contributed by atoms with Gasteiger partial charge in [-0.15, -0.1) is 0 Å². The van der Waals surface area contributed by atoms with Crippen LogP contribution in [0.5, 0.6) is 0 Å². The Morgan fingerprint density at radius 2 is 1.62 bits per heavy atom. The van der Waals surface area contributed by atoms with Gasteiger partial charge in [0.15, 0.2) is 0 Å². The van der Waals surface area contributed by atoms with Crippen LogP contribution in [0.25, 0.3) is 0 Å². The molecule has 1 fully saturated rings. The van der Waals surface area contributed by atoms with Crippen LogP contribution in [0.15, 0.2) is 48.5 Å². The van der Waals surface area contributed by atoms with E-state index in [0.29, 0.717) is 5.92 Å². The third-order valence-electron chi connectivity index (χ3n) is 4.59. The molecule has 1 aliphatic rings. The lowest BCUT2D eigenvalue weighted by Gasteiger charge is -2.21. The second-order valence-corrected chi connectivity index (χ2v) is 6.37. The van der Waals surface area contributed by atoms with E-state index in [1.54, 1.807) is 0 Å². The predicted molar refractivity (Wildman–Crippen MR) is 89.8 cm³/mol. The predicted octanol–water partition coefficient (Wildman–Crippen LogP) is 4.38. The first-order valence-corrected chi connectivity index (χ1v) is 8.07. The van der Waals surface area contributed by atoms with Gasteiger partial charge in [-0.3, -0.25) is 0 Å². The molecule has 2 aromatic rings. The zero-order valence-electron chi connectivity index (χ0n) is 13.1. The van der Waals surface area contributed by atoms with Crippen LogP contribution in [0.2, 0.25) is 0 Å². The van der Waals surface area contributed by atoms with Crippen LogP contribution in [-0.4, -0.2) is 12.6 Å². The van der Waals surface area contributed by atoms with Crippen LogP contribution in [0.4, 0.5) is 0 Å². The Hall–Kier alpha value is -1.60. The van der Waals surface area contributed by atoms with E-state index in [-0.39, 0.29) is 0 Å². The van der Waals surface area contributed by atoms with Crippen LogP contribution in [0, 0.1) is 13.8 Å². The van der Waals surface area contributed by atoms with Gasteiger partial charge in [0.25, 0.3) is 0 Å². The summed E-state index contributed by atoms with van der Waals surface area (Å²) in [6, 6.07) is 18.4. The average molecular weight is 279 g/mol. The Morgan fingerprint density at radius 3 is 2.29 bits per heavy atom. The summed E-state index contributed by atoms with van der Waals surface area (Å²) in [5.74, 6) is 0.563. The van der Waals surface area contributed by atoms with Crippen LogP contribution in [0.1, 0.15) is 41.0 Å². The van der Waals surface area contributed by atoms with Gasteiger partial charge in [0.2, 0.25) is 0 Å². The van der Waals surface area contributed by atoms with Crippen LogP contribution in [0.3, 0.4) is 0 Å². The largest absolute Gasteiger partial charge is 0.313 e. The Bertz CT molecular complexity index is 598. The number of hydrogen-bond acceptors (Lipinski definition) is 1. The smallest absolute Gasteiger partial charge is 0.00684 e. The topological polar surface area (TPSA) is 12.0 Å². The minimum absolute atomic E-state index is 0.563. The summed E-state index contributed by atoms with van der Waals surface area (Å²) >= 11 is 0. The first kappa shape index (κ1) is 14.3. The van der Waals surface area contributed by atoms with E-state index < -0.39 is 0 Å². The van der Waals surface area contributed by atoms with E-state index in [4.69, 9.17) is 0 Å². The van der Waals surface area contributed by atoms with Gasteiger partial charge in [-0.1, -0.05) is 48.5 Å². The van der Waals surface area contributed by atoms with Gasteiger partial charge in [-0.05, 0) is 55.4 Å². The molecule has 0 bridgehead atoms. The summed E-state index contributed by atoms with van der Waals surface area (Å²) < 4.78 is 0. The van der Waals surface area contributed by atoms with Crippen molar-refractivity contribution in [1.29, 1.82) is 0 Å². The van der Waals surface area contributed by atoms with Crippen LogP contribution < -0.4 is 5.32 Å². The molecule has 2 aromatic carbocycles. The molecular formula is C20H25N. The fourth-order valence-corrected chi connectivity index (χ4v) is 3.04. The molecule has 0 heterocycles. The minimum Gasteiger partial charge on any atom is -0.313 e. The van der Waals surface area contributed by atoms with Crippen molar-refractivity contribution in [2.24, 2.45) is 0 Å². The fraction of sp³-hybridized carbons (Fsp3) is 0.400. The van der Waals surface area contributed by atoms with Crippen molar-refractivity contribution < 1.29 is 0 Å². The second-order valence-electron chi connectivity index (χ2n) is 6.37. The molecule has 1 nitrogen and oxygen atoms in total. The summed E-state index contributed by atoms with van der Waals surface area (Å²) in [5, 5.41) is 3.72. The zero-order chi connectivity index (χ0) is 14.7. The van der Waals surface area contributed by atoms with Crippen molar-refractivity contribution >= 4 is 0 Å². The van der Waals surface area contributed by atoms with E-state index in [1.165, 1.54) is 35.1 Å². The highest BCUT2D eigenvalue weighted by molar-refractivity contribution is 5.33.